The summed E-state index contributed by atoms with van der Waals surface area (Å²) in [4.78, 5) is 24.6. The lowest BCUT2D eigenvalue weighted by atomic mass is 9.93. The van der Waals surface area contributed by atoms with Crippen molar-refractivity contribution >= 4 is 11.8 Å². The summed E-state index contributed by atoms with van der Waals surface area (Å²) in [6, 6.07) is 8.12. The number of nitrogens with one attached hydrogen (secondary N) is 2. The normalized spacial score (nSPS) is 11.2. The van der Waals surface area contributed by atoms with Crippen LogP contribution in [0.1, 0.15) is 45.7 Å². The number of hydrogen-bond donors (Lipinski definition) is 2. The van der Waals surface area contributed by atoms with Gasteiger partial charge in [0.2, 0.25) is 0 Å². The molecule has 2 N–H and O–H groups in total. The van der Waals surface area contributed by atoms with Crippen molar-refractivity contribution in [2.24, 2.45) is 5.41 Å². The molecule has 0 heterocycles. The Morgan fingerprint density at radius 1 is 0.815 bits per heavy atom. The van der Waals surface area contributed by atoms with E-state index in [9.17, 15) is 18.4 Å². The fraction of sp³-hybridized carbons (Fsp3) is 0.333. The van der Waals surface area contributed by atoms with Crippen molar-refractivity contribution in [3.8, 4) is 0 Å². The van der Waals surface area contributed by atoms with Gasteiger partial charge >= 0.3 is 0 Å². The molecule has 0 saturated heterocycles. The predicted octanol–water partition coefficient (Wildman–Crippen LogP) is 3.77. The van der Waals surface area contributed by atoms with E-state index in [2.05, 4.69) is 10.6 Å². The molecule has 2 aromatic rings. The summed E-state index contributed by atoms with van der Waals surface area (Å²) < 4.78 is 26.7. The van der Waals surface area contributed by atoms with Crippen molar-refractivity contribution in [2.75, 3.05) is 13.1 Å². The van der Waals surface area contributed by atoms with Crippen LogP contribution in [0.5, 0.6) is 0 Å². The van der Waals surface area contributed by atoms with Crippen molar-refractivity contribution in [1.82, 2.24) is 10.6 Å². The van der Waals surface area contributed by atoms with Gasteiger partial charge in [0.1, 0.15) is 11.6 Å². The third-order valence-corrected chi connectivity index (χ3v) is 4.34. The van der Waals surface area contributed by atoms with Crippen LogP contribution < -0.4 is 10.6 Å². The highest BCUT2D eigenvalue weighted by atomic mass is 19.1. The molecule has 2 aromatic carbocycles. The minimum absolute atomic E-state index is 0.282. The topological polar surface area (TPSA) is 58.2 Å². The highest BCUT2D eigenvalue weighted by Crippen LogP contribution is 2.15. The van der Waals surface area contributed by atoms with Crippen LogP contribution in [-0.4, -0.2) is 24.9 Å². The van der Waals surface area contributed by atoms with Gasteiger partial charge in [-0.2, -0.15) is 0 Å². The van der Waals surface area contributed by atoms with Gasteiger partial charge in [-0.1, -0.05) is 26.0 Å². The number of carbonyl (C=O) groups excluding carboxylic acids is 2. The Hall–Kier alpha value is -2.76. The molecule has 0 bridgehead atoms. The quantitative estimate of drug-likeness (QED) is 0.809. The van der Waals surface area contributed by atoms with Crippen molar-refractivity contribution in [3.63, 3.8) is 0 Å². The number of hydrogen-bond acceptors (Lipinski definition) is 2. The first-order chi connectivity index (χ1) is 12.6. The van der Waals surface area contributed by atoms with Gasteiger partial charge in [-0.05, 0) is 54.7 Å². The zero-order valence-electron chi connectivity index (χ0n) is 16.0. The summed E-state index contributed by atoms with van der Waals surface area (Å²) in [5, 5.41) is 5.55. The van der Waals surface area contributed by atoms with Gasteiger partial charge in [-0.25, -0.2) is 8.78 Å². The molecule has 0 unspecified atom stereocenters. The van der Waals surface area contributed by atoms with Gasteiger partial charge in [0.05, 0.1) is 0 Å². The van der Waals surface area contributed by atoms with Gasteiger partial charge in [0, 0.05) is 24.2 Å². The van der Waals surface area contributed by atoms with E-state index in [1.807, 2.05) is 13.8 Å². The summed E-state index contributed by atoms with van der Waals surface area (Å²) in [6.45, 7) is 7.80. The SMILES string of the molecule is Cc1ccc(F)cc1C(=O)NCC(C)(C)CNC(=O)c1cc(F)ccc1C. The van der Waals surface area contributed by atoms with Crippen LogP contribution in [0, 0.1) is 30.9 Å². The van der Waals surface area contributed by atoms with Gasteiger partial charge < -0.3 is 10.6 Å². The van der Waals surface area contributed by atoms with Crippen molar-refractivity contribution in [3.05, 3.63) is 70.3 Å². The Kier molecular flexibility index (Phi) is 6.31. The fourth-order valence-electron chi connectivity index (χ4n) is 2.57. The highest BCUT2D eigenvalue weighted by Gasteiger charge is 2.22. The smallest absolute Gasteiger partial charge is 0.251 e. The Morgan fingerprint density at radius 3 is 1.56 bits per heavy atom. The van der Waals surface area contributed by atoms with Crippen molar-refractivity contribution in [2.45, 2.75) is 27.7 Å². The summed E-state index contributed by atoms with van der Waals surface area (Å²) in [5.41, 5.74) is 1.48. The van der Waals surface area contributed by atoms with Crippen molar-refractivity contribution < 1.29 is 18.4 Å². The second kappa shape index (κ2) is 8.29. The second-order valence-electron chi connectivity index (χ2n) is 7.45. The zero-order valence-corrected chi connectivity index (χ0v) is 16.0. The van der Waals surface area contributed by atoms with Crippen LogP contribution in [0.2, 0.25) is 0 Å². The molecule has 6 heteroatoms. The molecule has 4 nitrogen and oxygen atoms in total. The lowest BCUT2D eigenvalue weighted by Gasteiger charge is -2.25. The standard InChI is InChI=1S/C21H24F2N2O2/c1-13-5-7-15(22)9-17(13)19(26)24-11-21(3,4)12-25-20(27)18-10-16(23)8-6-14(18)2/h5-10H,11-12H2,1-4H3,(H,24,26)(H,25,27). The molecule has 144 valence electrons. The monoisotopic (exact) mass is 374 g/mol. The van der Waals surface area contributed by atoms with E-state index in [-0.39, 0.29) is 36.0 Å². The molecule has 0 saturated carbocycles. The molecular formula is C21H24F2N2O2. The van der Waals surface area contributed by atoms with E-state index in [0.717, 1.165) is 0 Å². The predicted molar refractivity (Wildman–Crippen MR) is 101 cm³/mol. The van der Waals surface area contributed by atoms with Gasteiger partial charge in [-0.15, -0.1) is 0 Å². The molecule has 0 spiro atoms. The van der Waals surface area contributed by atoms with Crippen LogP contribution in [-0.2, 0) is 0 Å². The maximum Gasteiger partial charge on any atom is 0.251 e. The van der Waals surface area contributed by atoms with Crippen LogP contribution >= 0.6 is 0 Å². The van der Waals surface area contributed by atoms with E-state index < -0.39 is 17.0 Å². The molecule has 0 radical (unpaired) electrons. The first-order valence-corrected chi connectivity index (χ1v) is 8.68. The van der Waals surface area contributed by atoms with Crippen molar-refractivity contribution in [1.29, 1.82) is 0 Å². The summed E-state index contributed by atoms with van der Waals surface area (Å²) in [7, 11) is 0. The summed E-state index contributed by atoms with van der Waals surface area (Å²) >= 11 is 0. The lowest BCUT2D eigenvalue weighted by molar-refractivity contribution is 0.0919. The van der Waals surface area contributed by atoms with Gasteiger partial charge in [0.15, 0.2) is 0 Å². The van der Waals surface area contributed by atoms with E-state index in [1.165, 1.54) is 24.3 Å². The third-order valence-electron chi connectivity index (χ3n) is 4.34. The summed E-state index contributed by atoms with van der Waals surface area (Å²) in [6.07, 6.45) is 0. The molecule has 0 fully saturated rings. The molecule has 0 aliphatic carbocycles. The second-order valence-corrected chi connectivity index (χ2v) is 7.45. The van der Waals surface area contributed by atoms with E-state index in [4.69, 9.17) is 0 Å². The lowest BCUT2D eigenvalue weighted by Crippen LogP contribution is -2.42. The number of amides is 2. The minimum atomic E-state index is -0.470. The number of benzene rings is 2. The minimum Gasteiger partial charge on any atom is -0.351 e. The molecule has 0 aliphatic rings. The molecule has 2 amide bonds. The van der Waals surface area contributed by atoms with E-state index in [1.54, 1.807) is 26.0 Å². The molecular weight excluding hydrogens is 350 g/mol. The van der Waals surface area contributed by atoms with Crippen LogP contribution in [0.15, 0.2) is 36.4 Å². The summed E-state index contributed by atoms with van der Waals surface area (Å²) in [5.74, 6) is -1.68. The third kappa shape index (κ3) is 5.61. The molecule has 2 rings (SSSR count). The van der Waals surface area contributed by atoms with Crippen LogP contribution in [0.4, 0.5) is 8.78 Å². The van der Waals surface area contributed by atoms with E-state index >= 15 is 0 Å². The Balaban J connectivity index is 1.94. The van der Waals surface area contributed by atoms with Crippen LogP contribution in [0.3, 0.4) is 0 Å². The molecule has 0 atom stereocenters. The Bertz CT molecular complexity index is 794. The van der Waals surface area contributed by atoms with Gasteiger partial charge in [-0.3, -0.25) is 9.59 Å². The number of rotatable bonds is 6. The number of aryl methyl sites for hydroxylation is 2. The fourth-order valence-corrected chi connectivity index (χ4v) is 2.57. The first-order valence-electron chi connectivity index (χ1n) is 8.68. The average molecular weight is 374 g/mol. The Labute approximate surface area is 158 Å². The number of halogens is 2. The van der Waals surface area contributed by atoms with Gasteiger partial charge in [0.25, 0.3) is 11.8 Å². The zero-order chi connectivity index (χ0) is 20.2. The largest absolute Gasteiger partial charge is 0.351 e. The Morgan fingerprint density at radius 2 is 1.19 bits per heavy atom. The first kappa shape index (κ1) is 20.6. The molecule has 0 aromatic heterocycles. The molecule has 0 aliphatic heterocycles. The van der Waals surface area contributed by atoms with E-state index in [0.29, 0.717) is 11.1 Å². The average Bonchev–Trinajstić information content (AvgIpc) is 2.62. The number of carbonyl (C=O) groups is 2. The maximum atomic E-state index is 13.4. The van der Waals surface area contributed by atoms with Crippen LogP contribution in [0.25, 0.3) is 0 Å². The highest BCUT2D eigenvalue weighted by molar-refractivity contribution is 5.96. The molecule has 27 heavy (non-hydrogen) atoms. The maximum absolute atomic E-state index is 13.4.